The molecule has 0 saturated carbocycles. The second-order valence-corrected chi connectivity index (χ2v) is 8.04. The first-order valence-electron chi connectivity index (χ1n) is 11.4. The van der Waals surface area contributed by atoms with Gasteiger partial charge in [0.1, 0.15) is 5.75 Å². The Hall–Kier alpha value is -3.83. The average molecular weight is 474 g/mol. The molecule has 3 aromatic rings. The van der Waals surface area contributed by atoms with Gasteiger partial charge in [0.05, 0.1) is 25.9 Å². The molecule has 0 aliphatic carbocycles. The third-order valence-electron chi connectivity index (χ3n) is 5.47. The van der Waals surface area contributed by atoms with E-state index < -0.39 is 12.2 Å². The summed E-state index contributed by atoms with van der Waals surface area (Å²) in [5.74, 6) is 6.96. The number of nitrogens with zero attached hydrogens (tertiary/aromatic N) is 1. The fourth-order valence-electron chi connectivity index (χ4n) is 3.34. The highest BCUT2D eigenvalue weighted by atomic mass is 16.5. The second kappa shape index (κ2) is 13.2. The molecule has 2 atom stereocenters. The third kappa shape index (κ3) is 8.16. The molecule has 0 heterocycles. The van der Waals surface area contributed by atoms with Crippen LogP contribution in [-0.4, -0.2) is 60.1 Å². The van der Waals surface area contributed by atoms with Crippen LogP contribution in [0.3, 0.4) is 0 Å². The number of carbonyl (C=O) groups excluding carboxylic acids is 1. The number of methoxy groups -OCH3 is 1. The number of aliphatic hydroxyl groups is 2. The summed E-state index contributed by atoms with van der Waals surface area (Å²) in [6, 6.07) is 24.2. The molecule has 7 nitrogen and oxygen atoms in total. The van der Waals surface area contributed by atoms with Gasteiger partial charge >= 0.3 is 6.03 Å². The van der Waals surface area contributed by atoms with Gasteiger partial charge in [-0.05, 0) is 60.5 Å². The van der Waals surface area contributed by atoms with Gasteiger partial charge in [0.2, 0.25) is 0 Å². The van der Waals surface area contributed by atoms with Crippen molar-refractivity contribution in [3.63, 3.8) is 0 Å². The van der Waals surface area contributed by atoms with Crippen molar-refractivity contribution in [1.82, 2.24) is 4.90 Å². The van der Waals surface area contributed by atoms with E-state index in [-0.39, 0.29) is 19.1 Å². The molecule has 0 aliphatic heterocycles. The molecule has 3 rings (SSSR count). The van der Waals surface area contributed by atoms with Crippen molar-refractivity contribution in [2.24, 2.45) is 5.73 Å². The van der Waals surface area contributed by atoms with Crippen LogP contribution in [0.5, 0.6) is 5.75 Å². The summed E-state index contributed by atoms with van der Waals surface area (Å²) in [4.78, 5) is 14.4. The van der Waals surface area contributed by atoms with Crippen molar-refractivity contribution in [1.29, 1.82) is 0 Å². The van der Waals surface area contributed by atoms with Crippen LogP contribution in [-0.2, 0) is 6.42 Å². The van der Waals surface area contributed by atoms with E-state index >= 15 is 0 Å². The van der Waals surface area contributed by atoms with Gasteiger partial charge in [0.25, 0.3) is 0 Å². The van der Waals surface area contributed by atoms with Crippen LogP contribution in [0.2, 0.25) is 0 Å². The predicted molar refractivity (Wildman–Crippen MR) is 137 cm³/mol. The average Bonchev–Trinajstić information content (AvgIpc) is 2.90. The number of ether oxygens (including phenoxy) is 1. The van der Waals surface area contributed by atoms with E-state index in [0.29, 0.717) is 24.4 Å². The van der Waals surface area contributed by atoms with Gasteiger partial charge in [-0.25, -0.2) is 4.79 Å². The number of rotatable bonds is 9. The van der Waals surface area contributed by atoms with Crippen molar-refractivity contribution < 1.29 is 19.7 Å². The lowest BCUT2D eigenvalue weighted by molar-refractivity contribution is 0.0104. The van der Waals surface area contributed by atoms with Crippen molar-refractivity contribution in [2.75, 3.05) is 32.1 Å². The lowest BCUT2D eigenvalue weighted by Crippen LogP contribution is -2.46. The molecule has 0 saturated heterocycles. The SMILES string of the molecule is COc1ccc(NC(=O)N(CCc2ccc(C#Cc3ccccc3)cc2)C[C@@H](O)[C@@H](O)CN)cc1. The van der Waals surface area contributed by atoms with Gasteiger partial charge in [-0.3, -0.25) is 0 Å². The van der Waals surface area contributed by atoms with Crippen molar-refractivity contribution in [3.05, 3.63) is 95.6 Å². The normalized spacial score (nSPS) is 12.1. The Balaban J connectivity index is 1.65. The molecule has 0 unspecified atom stereocenters. The van der Waals surface area contributed by atoms with E-state index in [4.69, 9.17) is 10.5 Å². The maximum Gasteiger partial charge on any atom is 0.321 e. The number of nitrogens with one attached hydrogen (secondary N) is 1. The monoisotopic (exact) mass is 473 g/mol. The molecule has 2 amide bonds. The second-order valence-electron chi connectivity index (χ2n) is 8.04. The van der Waals surface area contributed by atoms with Crippen LogP contribution < -0.4 is 15.8 Å². The number of aliphatic hydroxyl groups excluding tert-OH is 2. The predicted octanol–water partition coefficient (Wildman–Crippen LogP) is 2.85. The molecule has 182 valence electrons. The highest BCUT2D eigenvalue weighted by Crippen LogP contribution is 2.16. The zero-order chi connectivity index (χ0) is 25.0. The topological polar surface area (TPSA) is 108 Å². The van der Waals surface area contributed by atoms with Crippen LogP contribution in [0.15, 0.2) is 78.9 Å². The van der Waals surface area contributed by atoms with Crippen molar-refractivity contribution in [3.8, 4) is 17.6 Å². The summed E-state index contributed by atoms with van der Waals surface area (Å²) in [6.07, 6.45) is -1.71. The highest BCUT2D eigenvalue weighted by molar-refractivity contribution is 5.89. The maximum atomic E-state index is 13.0. The highest BCUT2D eigenvalue weighted by Gasteiger charge is 2.22. The Labute approximate surface area is 206 Å². The van der Waals surface area contributed by atoms with Crippen LogP contribution in [0, 0.1) is 11.8 Å². The Bertz CT molecular complexity index is 1120. The Kier molecular flexibility index (Phi) is 9.69. The fourth-order valence-corrected chi connectivity index (χ4v) is 3.34. The summed E-state index contributed by atoms with van der Waals surface area (Å²) in [5, 5.41) is 23.0. The number of urea groups is 1. The minimum atomic E-state index is -1.16. The van der Waals surface area contributed by atoms with Crippen LogP contribution in [0.1, 0.15) is 16.7 Å². The van der Waals surface area contributed by atoms with Crippen LogP contribution in [0.25, 0.3) is 0 Å². The molecular weight excluding hydrogens is 442 g/mol. The van der Waals surface area contributed by atoms with Crippen LogP contribution >= 0.6 is 0 Å². The Morgan fingerprint density at radius 1 is 0.943 bits per heavy atom. The number of anilines is 1. The third-order valence-corrected chi connectivity index (χ3v) is 5.47. The van der Waals surface area contributed by atoms with Gasteiger partial charge in [0, 0.05) is 29.9 Å². The van der Waals surface area contributed by atoms with Gasteiger partial charge < -0.3 is 30.9 Å². The number of carbonyl (C=O) groups is 1. The number of benzene rings is 3. The number of hydrogen-bond donors (Lipinski definition) is 4. The minimum absolute atomic E-state index is 0.0546. The van der Waals surface area contributed by atoms with E-state index in [0.717, 1.165) is 16.7 Å². The Morgan fingerprint density at radius 2 is 1.57 bits per heavy atom. The van der Waals surface area contributed by atoms with E-state index in [1.807, 2.05) is 54.6 Å². The molecule has 0 aliphatic rings. The smallest absolute Gasteiger partial charge is 0.321 e. The Morgan fingerprint density at radius 3 is 2.17 bits per heavy atom. The van der Waals surface area contributed by atoms with E-state index in [1.54, 1.807) is 31.4 Å². The maximum absolute atomic E-state index is 13.0. The molecule has 0 radical (unpaired) electrons. The van der Waals surface area contributed by atoms with E-state index in [9.17, 15) is 15.0 Å². The molecule has 3 aromatic carbocycles. The largest absolute Gasteiger partial charge is 0.497 e. The molecule has 5 N–H and O–H groups in total. The van der Waals surface area contributed by atoms with E-state index in [2.05, 4.69) is 17.2 Å². The zero-order valence-electron chi connectivity index (χ0n) is 19.7. The lowest BCUT2D eigenvalue weighted by Gasteiger charge is -2.27. The lowest BCUT2D eigenvalue weighted by atomic mass is 10.1. The summed E-state index contributed by atoms with van der Waals surface area (Å²) in [6.45, 7) is 0.187. The van der Waals surface area contributed by atoms with Gasteiger partial charge in [-0.2, -0.15) is 0 Å². The standard InChI is InChI=1S/C28H31N3O4/c1-35-25-15-13-24(14-16-25)30-28(34)31(20-27(33)26(32)19-29)18-17-23-11-9-22(10-12-23)8-7-21-5-3-2-4-6-21/h2-6,9-16,26-27,32-33H,17-20,29H2,1H3,(H,30,34)/t26-,27+/m0/s1. The van der Waals surface area contributed by atoms with Crippen molar-refractivity contribution in [2.45, 2.75) is 18.6 Å². The summed E-state index contributed by atoms with van der Waals surface area (Å²) >= 11 is 0. The molecule has 7 heteroatoms. The first-order chi connectivity index (χ1) is 17.0. The van der Waals surface area contributed by atoms with Crippen molar-refractivity contribution >= 4 is 11.7 Å². The first-order valence-corrected chi connectivity index (χ1v) is 11.4. The number of amides is 2. The number of hydrogen-bond acceptors (Lipinski definition) is 5. The molecule has 0 bridgehead atoms. The summed E-state index contributed by atoms with van der Waals surface area (Å²) in [5.41, 5.74) is 8.93. The van der Waals surface area contributed by atoms with Crippen LogP contribution in [0.4, 0.5) is 10.5 Å². The molecule has 0 fully saturated rings. The molecule has 0 aromatic heterocycles. The fraction of sp³-hybridized carbons (Fsp3) is 0.250. The molecule has 0 spiro atoms. The zero-order valence-corrected chi connectivity index (χ0v) is 19.7. The molecule has 35 heavy (non-hydrogen) atoms. The quantitative estimate of drug-likeness (QED) is 0.358. The van der Waals surface area contributed by atoms with E-state index in [1.165, 1.54) is 4.90 Å². The van der Waals surface area contributed by atoms with Gasteiger partial charge in [0.15, 0.2) is 0 Å². The molecular formula is C28H31N3O4. The van der Waals surface area contributed by atoms with Gasteiger partial charge in [-0.1, -0.05) is 42.2 Å². The minimum Gasteiger partial charge on any atom is -0.497 e. The summed E-state index contributed by atoms with van der Waals surface area (Å²) < 4.78 is 5.14. The van der Waals surface area contributed by atoms with Gasteiger partial charge in [-0.15, -0.1) is 0 Å². The number of nitrogens with two attached hydrogens (primary N) is 1. The summed E-state index contributed by atoms with van der Waals surface area (Å²) in [7, 11) is 1.57. The first kappa shape index (κ1) is 25.8.